The lowest BCUT2D eigenvalue weighted by Gasteiger charge is -2.36. The van der Waals surface area contributed by atoms with Crippen molar-refractivity contribution >= 4 is 58.1 Å². The fraction of sp³-hybridized carbons (Fsp3) is 0.524. The van der Waals surface area contributed by atoms with Crippen molar-refractivity contribution in [2.45, 2.75) is 51.1 Å². The first-order chi connectivity index (χ1) is 16.1. The smallest absolute Gasteiger partial charge is 0.440 e. The highest BCUT2D eigenvalue weighted by molar-refractivity contribution is 6.42. The van der Waals surface area contributed by atoms with Gasteiger partial charge in [-0.3, -0.25) is 19.5 Å². The standard InChI is InChI=1S/C21H22Cl2F3N5O4/c1-19(2,3)35-18(34)30-6-4-10(5-7-30)15(32)29-20(21(24,25)26)16(33)28-17-27-13-8-11(22)12(23)9-14(13)31(17)20/h8-10H,4-7H2,1-3H3,(H,29,32)(H,27,28,33). The predicted molar refractivity (Wildman–Crippen MR) is 121 cm³/mol. The summed E-state index contributed by atoms with van der Waals surface area (Å²) in [5, 5.41) is 4.06. The number of amides is 3. The number of anilines is 1. The molecule has 0 spiro atoms. The van der Waals surface area contributed by atoms with Crippen LogP contribution < -0.4 is 10.6 Å². The maximum absolute atomic E-state index is 14.5. The Kier molecular flexibility index (Phi) is 6.12. The van der Waals surface area contributed by atoms with E-state index >= 15 is 0 Å². The van der Waals surface area contributed by atoms with Crippen LogP contribution in [0.5, 0.6) is 0 Å². The van der Waals surface area contributed by atoms with Crippen LogP contribution >= 0.6 is 23.2 Å². The molecule has 1 atom stereocenters. The molecule has 2 aliphatic heterocycles. The van der Waals surface area contributed by atoms with Gasteiger partial charge >= 0.3 is 12.3 Å². The Morgan fingerprint density at radius 1 is 1.17 bits per heavy atom. The number of aromatic nitrogens is 2. The molecule has 0 bridgehead atoms. The minimum absolute atomic E-state index is 0.0434. The second-order valence-corrected chi connectivity index (χ2v) is 10.2. The highest BCUT2D eigenvalue weighted by Crippen LogP contribution is 2.45. The molecule has 1 aromatic carbocycles. The third-order valence-corrected chi connectivity index (χ3v) is 6.54. The zero-order valence-electron chi connectivity index (χ0n) is 18.9. The van der Waals surface area contributed by atoms with Gasteiger partial charge in [0.25, 0.3) is 11.6 Å². The number of fused-ring (bicyclic) bond motifs is 3. The van der Waals surface area contributed by atoms with Crippen LogP contribution in [-0.2, 0) is 20.0 Å². The van der Waals surface area contributed by atoms with Crippen molar-refractivity contribution in [3.8, 4) is 0 Å². The molecule has 4 rings (SSSR count). The number of nitrogens with zero attached hydrogens (tertiary/aromatic N) is 3. The largest absolute Gasteiger partial charge is 0.444 e. The predicted octanol–water partition coefficient (Wildman–Crippen LogP) is 4.27. The molecule has 1 aromatic heterocycles. The lowest BCUT2D eigenvalue weighted by Crippen LogP contribution is -2.64. The van der Waals surface area contributed by atoms with E-state index in [1.165, 1.54) is 11.0 Å². The van der Waals surface area contributed by atoms with Gasteiger partial charge in [0.2, 0.25) is 11.9 Å². The molecule has 190 valence electrons. The number of alkyl halides is 3. The Labute approximate surface area is 207 Å². The summed E-state index contributed by atoms with van der Waals surface area (Å²) in [4.78, 5) is 43.4. The van der Waals surface area contributed by atoms with E-state index in [0.29, 0.717) is 4.57 Å². The van der Waals surface area contributed by atoms with Crippen molar-refractivity contribution in [1.82, 2.24) is 19.8 Å². The van der Waals surface area contributed by atoms with Gasteiger partial charge in [-0.15, -0.1) is 0 Å². The van der Waals surface area contributed by atoms with Crippen molar-refractivity contribution in [2.75, 3.05) is 18.4 Å². The SMILES string of the molecule is CC(C)(C)OC(=O)N1CCC(C(=O)NC2(C(F)(F)F)C(=O)Nc3nc4cc(Cl)c(Cl)cc4n32)CC1. The quantitative estimate of drug-likeness (QED) is 0.597. The average Bonchev–Trinajstić information content (AvgIpc) is 3.20. The van der Waals surface area contributed by atoms with E-state index in [1.54, 1.807) is 20.8 Å². The number of halogens is 5. The highest BCUT2D eigenvalue weighted by Gasteiger charge is 2.68. The Bertz CT molecular complexity index is 1220. The van der Waals surface area contributed by atoms with E-state index in [9.17, 15) is 27.6 Å². The second kappa shape index (κ2) is 8.44. The third kappa shape index (κ3) is 4.37. The molecule has 1 saturated heterocycles. The van der Waals surface area contributed by atoms with Crippen LogP contribution in [0.2, 0.25) is 10.0 Å². The number of likely N-dealkylation sites (tertiary alicyclic amines) is 1. The van der Waals surface area contributed by atoms with E-state index in [4.69, 9.17) is 27.9 Å². The van der Waals surface area contributed by atoms with Crippen molar-refractivity contribution in [3.05, 3.63) is 22.2 Å². The van der Waals surface area contributed by atoms with Crippen LogP contribution in [0.1, 0.15) is 33.6 Å². The highest BCUT2D eigenvalue weighted by atomic mass is 35.5. The fourth-order valence-electron chi connectivity index (χ4n) is 4.16. The summed E-state index contributed by atoms with van der Waals surface area (Å²) in [5.41, 5.74) is -4.22. The molecule has 1 fully saturated rings. The van der Waals surface area contributed by atoms with Crippen molar-refractivity contribution < 1.29 is 32.3 Å². The van der Waals surface area contributed by atoms with E-state index < -0.39 is 47.2 Å². The lowest BCUT2D eigenvalue weighted by atomic mass is 9.95. The molecule has 35 heavy (non-hydrogen) atoms. The van der Waals surface area contributed by atoms with Crippen LogP contribution in [0.25, 0.3) is 11.0 Å². The first-order valence-corrected chi connectivity index (χ1v) is 11.5. The van der Waals surface area contributed by atoms with Gasteiger partial charge in [0, 0.05) is 19.0 Å². The fourth-order valence-corrected chi connectivity index (χ4v) is 4.48. The first kappa shape index (κ1) is 25.4. The number of benzene rings is 1. The summed E-state index contributed by atoms with van der Waals surface area (Å²) >= 11 is 12.0. The number of hydrogen-bond acceptors (Lipinski definition) is 5. The first-order valence-electron chi connectivity index (χ1n) is 10.7. The second-order valence-electron chi connectivity index (χ2n) is 9.42. The minimum Gasteiger partial charge on any atom is -0.444 e. The number of nitrogens with one attached hydrogen (secondary N) is 2. The van der Waals surface area contributed by atoms with Gasteiger partial charge in [0.05, 0.1) is 21.1 Å². The molecule has 1 unspecified atom stereocenters. The summed E-state index contributed by atoms with van der Waals surface area (Å²) in [5.74, 6) is -3.74. The molecule has 0 aliphatic carbocycles. The van der Waals surface area contributed by atoms with Gasteiger partial charge < -0.3 is 15.0 Å². The Balaban J connectivity index is 1.61. The van der Waals surface area contributed by atoms with Gasteiger partial charge in [-0.05, 0) is 45.7 Å². The van der Waals surface area contributed by atoms with Gasteiger partial charge in [-0.25, -0.2) is 9.78 Å². The molecular weight excluding hydrogens is 514 g/mol. The summed E-state index contributed by atoms with van der Waals surface area (Å²) in [7, 11) is 0. The summed E-state index contributed by atoms with van der Waals surface area (Å²) in [6.45, 7) is 5.37. The molecule has 9 nitrogen and oxygen atoms in total. The monoisotopic (exact) mass is 535 g/mol. The van der Waals surface area contributed by atoms with E-state index in [2.05, 4.69) is 10.3 Å². The third-order valence-electron chi connectivity index (χ3n) is 5.82. The van der Waals surface area contributed by atoms with Gasteiger partial charge in [0.15, 0.2) is 0 Å². The maximum Gasteiger partial charge on any atom is 0.440 e. The number of imidazole rings is 1. The Hall–Kier alpha value is -2.73. The summed E-state index contributed by atoms with van der Waals surface area (Å²) in [6, 6.07) is 2.42. The number of carbonyl (C=O) groups is 3. The maximum atomic E-state index is 14.5. The molecule has 0 radical (unpaired) electrons. The zero-order chi connectivity index (χ0) is 25.9. The van der Waals surface area contributed by atoms with E-state index in [1.807, 2.05) is 5.32 Å². The number of piperidine rings is 1. The number of rotatable bonds is 2. The molecule has 2 aliphatic rings. The normalized spacial score (nSPS) is 21.1. The van der Waals surface area contributed by atoms with Crippen LogP contribution in [-0.4, -0.2) is 57.2 Å². The van der Waals surface area contributed by atoms with Crippen molar-refractivity contribution in [1.29, 1.82) is 0 Å². The summed E-state index contributed by atoms with van der Waals surface area (Å²) < 4.78 is 49.5. The van der Waals surface area contributed by atoms with Gasteiger partial charge in [-0.2, -0.15) is 13.2 Å². The number of ether oxygens (including phenoxy) is 1. The molecular formula is C21H22Cl2F3N5O4. The number of carbonyl (C=O) groups excluding carboxylic acids is 3. The van der Waals surface area contributed by atoms with Crippen LogP contribution in [0, 0.1) is 5.92 Å². The summed E-state index contributed by atoms with van der Waals surface area (Å²) in [6.07, 6.45) is -5.60. The average molecular weight is 536 g/mol. The van der Waals surface area contributed by atoms with Gasteiger partial charge in [-0.1, -0.05) is 23.2 Å². The molecule has 2 N–H and O–H groups in total. The van der Waals surface area contributed by atoms with Crippen molar-refractivity contribution in [2.24, 2.45) is 5.92 Å². The molecule has 3 amide bonds. The van der Waals surface area contributed by atoms with Crippen LogP contribution in [0.15, 0.2) is 12.1 Å². The van der Waals surface area contributed by atoms with E-state index in [0.717, 1.165) is 6.07 Å². The van der Waals surface area contributed by atoms with Crippen LogP contribution in [0.4, 0.5) is 23.9 Å². The Morgan fingerprint density at radius 3 is 2.34 bits per heavy atom. The number of hydrogen-bond donors (Lipinski definition) is 2. The molecule has 0 saturated carbocycles. The van der Waals surface area contributed by atoms with Gasteiger partial charge in [0.1, 0.15) is 5.60 Å². The molecule has 2 aromatic rings. The van der Waals surface area contributed by atoms with E-state index in [-0.39, 0.29) is 47.0 Å². The van der Waals surface area contributed by atoms with Crippen molar-refractivity contribution in [3.63, 3.8) is 0 Å². The molecule has 14 heteroatoms. The topological polar surface area (TPSA) is 106 Å². The lowest BCUT2D eigenvalue weighted by molar-refractivity contribution is -0.218. The van der Waals surface area contributed by atoms with Crippen LogP contribution in [0.3, 0.4) is 0 Å². The zero-order valence-corrected chi connectivity index (χ0v) is 20.4. The Morgan fingerprint density at radius 2 is 1.77 bits per heavy atom. The molecule has 3 heterocycles. The minimum atomic E-state index is -5.23.